The average molecular weight is 671 g/mol. The number of nitrogens with zero attached hydrogens (tertiary/aromatic N) is 2. The molecule has 0 spiro atoms. The first kappa shape index (κ1) is 36.0. The van der Waals surface area contributed by atoms with Crippen molar-refractivity contribution in [2.75, 3.05) is 13.2 Å². The molecule has 0 unspecified atom stereocenters. The molecule has 0 saturated carbocycles. The Kier molecular flexibility index (Phi) is 11.4. The van der Waals surface area contributed by atoms with Crippen LogP contribution < -0.4 is 11.8 Å². The van der Waals surface area contributed by atoms with Crippen molar-refractivity contribution in [3.8, 4) is 0 Å². The summed E-state index contributed by atoms with van der Waals surface area (Å²) in [5.41, 5.74) is 12.9. The van der Waals surface area contributed by atoms with Crippen molar-refractivity contribution in [1.82, 2.24) is 19.9 Å². The first-order chi connectivity index (χ1) is 23.5. The molecule has 0 aromatic carbocycles. The molecule has 2 aliphatic rings. The summed E-state index contributed by atoms with van der Waals surface area (Å²) in [5, 5.41) is 0. The zero-order chi connectivity index (χ0) is 35.4. The largest absolute Gasteiger partial charge is 0.381 e. The number of allylic oxidation sites excluding steroid dienone is 2. The van der Waals surface area contributed by atoms with Gasteiger partial charge in [0.25, 0.3) is 0 Å². The van der Waals surface area contributed by atoms with Crippen molar-refractivity contribution in [1.29, 1.82) is 0 Å². The van der Waals surface area contributed by atoms with Gasteiger partial charge in [-0.25, -0.2) is 9.78 Å². The molecule has 6 N–H and O–H groups in total. The Balaban J connectivity index is 1.83. The fourth-order valence-corrected chi connectivity index (χ4v) is 7.25. The summed E-state index contributed by atoms with van der Waals surface area (Å²) in [6.45, 7) is 15.8. The molecule has 2 aliphatic heterocycles. The average Bonchev–Trinajstić information content (AvgIpc) is 3.78. The fraction of sp³-hybridized carbons (Fsp3) is 0.474. The topological polar surface area (TPSA) is 171 Å². The molecule has 8 bridgehead atoms. The summed E-state index contributed by atoms with van der Waals surface area (Å²) in [6, 6.07) is 6.23. The molecule has 0 amide bonds. The Morgan fingerprint density at radius 3 is 2.29 bits per heavy atom. The third kappa shape index (κ3) is 7.20. The van der Waals surface area contributed by atoms with Gasteiger partial charge in [-0.05, 0) is 105 Å². The number of ether oxygens (including phenoxy) is 1. The smallest absolute Gasteiger partial charge is 0.359 e. The van der Waals surface area contributed by atoms with Gasteiger partial charge in [0.15, 0.2) is 0 Å². The van der Waals surface area contributed by atoms with Gasteiger partial charge >= 0.3 is 11.9 Å². The summed E-state index contributed by atoms with van der Waals surface area (Å²) >= 11 is 0. The van der Waals surface area contributed by atoms with Crippen LogP contribution in [0.1, 0.15) is 133 Å². The molecule has 262 valence electrons. The van der Waals surface area contributed by atoms with Crippen molar-refractivity contribution >= 4 is 45.2 Å². The highest BCUT2D eigenvalue weighted by Gasteiger charge is 2.32. The Hall–Kier alpha value is -4.32. The maximum absolute atomic E-state index is 13.2. The second-order valence-electron chi connectivity index (χ2n) is 13.2. The lowest BCUT2D eigenvalue weighted by Crippen LogP contribution is -2.13. The van der Waals surface area contributed by atoms with Gasteiger partial charge in [0.05, 0.1) is 29.1 Å². The van der Waals surface area contributed by atoms with Crippen LogP contribution in [0.2, 0.25) is 0 Å². The van der Waals surface area contributed by atoms with Gasteiger partial charge in [-0.1, -0.05) is 33.6 Å². The van der Waals surface area contributed by atoms with Crippen molar-refractivity contribution in [2.45, 2.75) is 105 Å². The zero-order valence-electron chi connectivity index (χ0n) is 29.8. The standard InChI is InChI=1S/C38H50N6O5/c1-8-10-11-15-47-16-14-26-21(4)28-17-30-22(5)27(12-13-34(45)48-39)36(43-30)24(7)37-35(38(46)49-40)23(6)31(44-37)19-32-25(9-2)20(3)29(41-32)18-33(26)42-28/h17-19,22,27,42,44H,8-16,39-40H2,1-7H3/t22-,27-/m0/s1. The van der Waals surface area contributed by atoms with E-state index < -0.39 is 11.9 Å². The summed E-state index contributed by atoms with van der Waals surface area (Å²) in [4.78, 5) is 52.1. The van der Waals surface area contributed by atoms with Crippen LogP contribution in [0, 0.1) is 20.8 Å². The first-order valence-corrected chi connectivity index (χ1v) is 17.4. The van der Waals surface area contributed by atoms with Gasteiger partial charge in [-0.3, -0.25) is 9.78 Å². The summed E-state index contributed by atoms with van der Waals surface area (Å²) in [7, 11) is 0. The number of nitrogens with one attached hydrogen (secondary N) is 2. The Labute approximate surface area is 287 Å². The molecule has 11 nitrogen and oxygen atoms in total. The number of hydrogen-bond acceptors (Lipinski definition) is 9. The predicted molar refractivity (Wildman–Crippen MR) is 192 cm³/mol. The van der Waals surface area contributed by atoms with Crippen LogP contribution in [-0.2, 0) is 25.6 Å². The number of aromatic nitrogens is 4. The number of aryl methyl sites for hydroxylation is 3. The van der Waals surface area contributed by atoms with Gasteiger partial charge in [-0.2, -0.15) is 11.8 Å². The highest BCUT2D eigenvalue weighted by Crippen LogP contribution is 2.42. The van der Waals surface area contributed by atoms with Crippen molar-refractivity contribution in [3.05, 3.63) is 68.8 Å². The number of aromatic amines is 2. The number of carbonyl (C=O) groups is 2. The van der Waals surface area contributed by atoms with Gasteiger partial charge < -0.3 is 24.4 Å². The summed E-state index contributed by atoms with van der Waals surface area (Å²) in [5.74, 6) is 9.30. The molecule has 49 heavy (non-hydrogen) atoms. The van der Waals surface area contributed by atoms with Crippen LogP contribution in [-0.4, -0.2) is 45.1 Å². The number of carbonyl (C=O) groups excluding carboxylic acids is 2. The third-order valence-corrected chi connectivity index (χ3v) is 10.3. The number of H-pyrrole nitrogens is 2. The van der Waals surface area contributed by atoms with Crippen molar-refractivity contribution < 1.29 is 24.0 Å². The van der Waals surface area contributed by atoms with Crippen LogP contribution >= 0.6 is 0 Å². The van der Waals surface area contributed by atoms with Gasteiger partial charge in [0.1, 0.15) is 0 Å². The zero-order valence-corrected chi connectivity index (χ0v) is 29.8. The quantitative estimate of drug-likeness (QED) is 0.113. The van der Waals surface area contributed by atoms with Crippen LogP contribution in [0.4, 0.5) is 0 Å². The number of nitrogens with two attached hydrogens (primary N) is 2. The second-order valence-corrected chi connectivity index (χ2v) is 13.2. The van der Waals surface area contributed by atoms with E-state index in [4.69, 9.17) is 31.3 Å². The molecule has 0 fully saturated rings. The monoisotopic (exact) mass is 670 g/mol. The van der Waals surface area contributed by atoms with E-state index in [1.165, 1.54) is 5.56 Å². The fourth-order valence-electron chi connectivity index (χ4n) is 7.25. The minimum absolute atomic E-state index is 0.0491. The molecular weight excluding hydrogens is 620 g/mol. The van der Waals surface area contributed by atoms with E-state index in [1.54, 1.807) is 0 Å². The minimum Gasteiger partial charge on any atom is -0.381 e. The predicted octanol–water partition coefficient (Wildman–Crippen LogP) is 7.44. The third-order valence-electron chi connectivity index (χ3n) is 10.3. The molecule has 2 atom stereocenters. The number of fused-ring (bicyclic) bond motifs is 8. The molecule has 5 rings (SSSR count). The molecule has 3 aromatic heterocycles. The summed E-state index contributed by atoms with van der Waals surface area (Å²) in [6.07, 6.45) is 5.51. The van der Waals surface area contributed by atoms with E-state index in [-0.39, 0.29) is 18.3 Å². The van der Waals surface area contributed by atoms with Gasteiger partial charge in [-0.15, -0.1) is 0 Å². The molecule has 11 heteroatoms. The van der Waals surface area contributed by atoms with E-state index in [0.29, 0.717) is 29.7 Å². The lowest BCUT2D eigenvalue weighted by molar-refractivity contribution is -0.144. The number of hydrogen-bond donors (Lipinski definition) is 4. The van der Waals surface area contributed by atoms with E-state index >= 15 is 0 Å². The number of unbranched alkanes of at least 4 members (excludes halogenated alkanes) is 2. The van der Waals surface area contributed by atoms with Crippen molar-refractivity contribution in [3.63, 3.8) is 0 Å². The lowest BCUT2D eigenvalue weighted by Gasteiger charge is -2.16. The first-order valence-electron chi connectivity index (χ1n) is 17.4. The SMILES string of the molecule is CCCCCOCCc1c(C)c2cc3nc(c(C)c4[nH]c(cc5nc(cc1[nH]2)C(C)=C5CC)c(C)c4C(=O)ON)[C@@H](CCC(=O)ON)[C@@H]3C. The minimum atomic E-state index is -0.654. The Morgan fingerprint density at radius 2 is 1.59 bits per heavy atom. The Morgan fingerprint density at radius 1 is 0.857 bits per heavy atom. The van der Waals surface area contributed by atoms with Crippen LogP contribution in [0.15, 0.2) is 18.2 Å². The molecule has 0 saturated heterocycles. The highest BCUT2D eigenvalue weighted by atomic mass is 16.7. The molecular formula is C38H50N6O5. The van der Waals surface area contributed by atoms with Gasteiger partial charge in [0, 0.05) is 52.8 Å². The number of rotatable bonds is 12. The molecule has 3 aromatic rings. The second kappa shape index (κ2) is 15.5. The maximum Gasteiger partial charge on any atom is 0.359 e. The van der Waals surface area contributed by atoms with Crippen LogP contribution in [0.3, 0.4) is 0 Å². The maximum atomic E-state index is 13.2. The normalized spacial score (nSPS) is 15.9. The summed E-state index contributed by atoms with van der Waals surface area (Å²) < 4.78 is 6.05. The van der Waals surface area contributed by atoms with E-state index in [1.807, 2.05) is 19.9 Å². The molecule has 0 aliphatic carbocycles. The van der Waals surface area contributed by atoms with E-state index in [0.717, 1.165) is 100 Å². The highest BCUT2D eigenvalue weighted by molar-refractivity contribution is 6.03. The van der Waals surface area contributed by atoms with E-state index in [2.05, 4.69) is 61.6 Å². The van der Waals surface area contributed by atoms with Gasteiger partial charge in [0.2, 0.25) is 0 Å². The van der Waals surface area contributed by atoms with E-state index in [9.17, 15) is 9.59 Å². The molecule has 5 heterocycles. The van der Waals surface area contributed by atoms with Crippen LogP contribution in [0.5, 0.6) is 0 Å². The lowest BCUT2D eigenvalue weighted by atomic mass is 9.86. The molecule has 0 radical (unpaired) electrons. The Bertz CT molecular complexity index is 1940. The van der Waals surface area contributed by atoms with Crippen molar-refractivity contribution in [2.24, 2.45) is 11.8 Å². The van der Waals surface area contributed by atoms with Crippen LogP contribution in [0.25, 0.3) is 33.2 Å².